The van der Waals surface area contributed by atoms with Gasteiger partial charge in [0.15, 0.2) is 11.2 Å². The number of aliphatic carboxylic acids is 1. The molecule has 3 aromatic heterocycles. The Morgan fingerprint density at radius 3 is 2.74 bits per heavy atom. The Hall–Kier alpha value is -3.26. The highest BCUT2D eigenvalue weighted by Crippen LogP contribution is 2.44. The summed E-state index contributed by atoms with van der Waals surface area (Å²) in [7, 11) is 0. The van der Waals surface area contributed by atoms with Gasteiger partial charge >= 0.3 is 5.97 Å². The van der Waals surface area contributed by atoms with Gasteiger partial charge in [0.1, 0.15) is 5.82 Å². The van der Waals surface area contributed by atoms with Crippen molar-refractivity contribution in [1.29, 1.82) is 0 Å². The SMILES string of the molecule is CC(C)c1c([C@@H]2CO[C@@](C)(C(=O)O)C2)c2nc3[nH]ncc3cc2n1-c1ccc(F)cc1. The molecular formula is C23H23FN4O3. The van der Waals surface area contributed by atoms with Crippen molar-refractivity contribution in [3.05, 3.63) is 53.6 Å². The molecule has 1 fully saturated rings. The summed E-state index contributed by atoms with van der Waals surface area (Å²) in [5.74, 6) is -1.28. The van der Waals surface area contributed by atoms with Gasteiger partial charge in [0.05, 0.1) is 23.8 Å². The monoisotopic (exact) mass is 422 g/mol. The number of H-pyrrole nitrogens is 1. The van der Waals surface area contributed by atoms with Gasteiger partial charge in [-0.15, -0.1) is 0 Å². The number of carboxylic acid groups (broad SMARTS) is 1. The first-order chi connectivity index (χ1) is 14.8. The van der Waals surface area contributed by atoms with Crippen LogP contribution in [0.5, 0.6) is 0 Å². The van der Waals surface area contributed by atoms with Crippen molar-refractivity contribution in [1.82, 2.24) is 19.7 Å². The third kappa shape index (κ3) is 3.01. The maximum absolute atomic E-state index is 13.6. The van der Waals surface area contributed by atoms with Gasteiger partial charge in [0.25, 0.3) is 0 Å². The fourth-order valence-corrected chi connectivity index (χ4v) is 4.66. The molecule has 0 unspecified atom stereocenters. The zero-order chi connectivity index (χ0) is 21.9. The topological polar surface area (TPSA) is 93.0 Å². The van der Waals surface area contributed by atoms with Crippen molar-refractivity contribution >= 4 is 28.0 Å². The molecule has 4 heterocycles. The van der Waals surface area contributed by atoms with E-state index in [1.54, 1.807) is 25.3 Å². The van der Waals surface area contributed by atoms with E-state index in [0.29, 0.717) is 18.7 Å². The van der Waals surface area contributed by atoms with E-state index in [9.17, 15) is 14.3 Å². The molecule has 0 amide bonds. The normalized spacial score (nSPS) is 21.5. The largest absolute Gasteiger partial charge is 0.479 e. The molecule has 8 heteroatoms. The number of benzene rings is 1. The fraction of sp³-hybridized carbons (Fsp3) is 0.348. The molecule has 4 aromatic rings. The number of rotatable bonds is 4. The molecule has 160 valence electrons. The zero-order valence-corrected chi connectivity index (χ0v) is 17.5. The first kappa shape index (κ1) is 19.7. The highest BCUT2D eigenvalue weighted by atomic mass is 19.1. The lowest BCUT2D eigenvalue weighted by Crippen LogP contribution is -2.34. The van der Waals surface area contributed by atoms with Gasteiger partial charge in [-0.25, -0.2) is 14.2 Å². The van der Waals surface area contributed by atoms with Gasteiger partial charge in [-0.05, 0) is 49.6 Å². The Bertz CT molecular complexity index is 1310. The zero-order valence-electron chi connectivity index (χ0n) is 17.5. The van der Waals surface area contributed by atoms with E-state index in [1.165, 1.54) is 12.1 Å². The number of pyridine rings is 1. The van der Waals surface area contributed by atoms with Crippen LogP contribution in [0.3, 0.4) is 0 Å². The highest BCUT2D eigenvalue weighted by Gasteiger charge is 2.45. The molecule has 0 saturated carbocycles. The van der Waals surface area contributed by atoms with E-state index in [0.717, 1.165) is 33.4 Å². The minimum atomic E-state index is -1.23. The summed E-state index contributed by atoms with van der Waals surface area (Å²) in [6, 6.07) is 8.39. The lowest BCUT2D eigenvalue weighted by Gasteiger charge is -2.19. The number of aromatic nitrogens is 4. The van der Waals surface area contributed by atoms with E-state index < -0.39 is 11.6 Å². The van der Waals surface area contributed by atoms with Crippen molar-refractivity contribution < 1.29 is 19.0 Å². The minimum absolute atomic E-state index is 0.113. The minimum Gasteiger partial charge on any atom is -0.479 e. The number of ether oxygens (including phenoxy) is 1. The lowest BCUT2D eigenvalue weighted by molar-refractivity contribution is -0.157. The lowest BCUT2D eigenvalue weighted by atomic mass is 9.88. The summed E-state index contributed by atoms with van der Waals surface area (Å²) in [4.78, 5) is 16.7. The maximum atomic E-state index is 13.6. The molecule has 1 saturated heterocycles. The van der Waals surface area contributed by atoms with Gasteiger partial charge in [-0.2, -0.15) is 5.10 Å². The number of nitrogens with zero attached hydrogens (tertiary/aromatic N) is 3. The van der Waals surface area contributed by atoms with E-state index >= 15 is 0 Å². The van der Waals surface area contributed by atoms with Crippen LogP contribution in [0.15, 0.2) is 36.5 Å². The van der Waals surface area contributed by atoms with Crippen LogP contribution in [0.2, 0.25) is 0 Å². The molecule has 0 radical (unpaired) electrons. The number of nitrogens with one attached hydrogen (secondary N) is 1. The Kier molecular flexibility index (Phi) is 4.37. The van der Waals surface area contributed by atoms with E-state index in [2.05, 4.69) is 28.6 Å². The number of carboxylic acids is 1. The number of aromatic amines is 1. The van der Waals surface area contributed by atoms with Crippen LogP contribution in [0.4, 0.5) is 4.39 Å². The Labute approximate surface area is 177 Å². The van der Waals surface area contributed by atoms with Gasteiger partial charge in [0.2, 0.25) is 0 Å². The van der Waals surface area contributed by atoms with Crippen LogP contribution in [0, 0.1) is 5.82 Å². The van der Waals surface area contributed by atoms with E-state index in [4.69, 9.17) is 9.72 Å². The molecule has 7 nitrogen and oxygen atoms in total. The number of hydrogen-bond acceptors (Lipinski definition) is 4. The first-order valence-corrected chi connectivity index (χ1v) is 10.3. The first-order valence-electron chi connectivity index (χ1n) is 10.3. The second-order valence-electron chi connectivity index (χ2n) is 8.68. The second kappa shape index (κ2) is 6.88. The van der Waals surface area contributed by atoms with Crippen LogP contribution >= 0.6 is 0 Å². The van der Waals surface area contributed by atoms with Crippen LogP contribution < -0.4 is 0 Å². The predicted molar refractivity (Wildman–Crippen MR) is 114 cm³/mol. The summed E-state index contributed by atoms with van der Waals surface area (Å²) in [6.07, 6.45) is 2.08. The standard InChI is InChI=1S/C23H23FN4O3/c1-12(2)20-18(14-9-23(3,22(29)30)31-11-14)19-17(8-13-10-25-27-21(13)26-19)28(20)16-6-4-15(24)5-7-16/h4-8,10,12,14H,9,11H2,1-3H3,(H,29,30)(H,25,26,27)/t14-,23+/m0/s1. The van der Waals surface area contributed by atoms with Crippen LogP contribution in [0.1, 0.15) is 50.3 Å². The molecule has 31 heavy (non-hydrogen) atoms. The van der Waals surface area contributed by atoms with Gasteiger partial charge in [-0.3, -0.25) is 5.10 Å². The van der Waals surface area contributed by atoms with E-state index in [1.807, 2.05) is 6.07 Å². The molecule has 2 atom stereocenters. The molecule has 0 aliphatic carbocycles. The highest BCUT2D eigenvalue weighted by molar-refractivity contribution is 5.94. The Morgan fingerprint density at radius 1 is 1.35 bits per heavy atom. The molecule has 0 spiro atoms. The van der Waals surface area contributed by atoms with Gasteiger partial charge in [-0.1, -0.05) is 13.8 Å². The quantitative estimate of drug-likeness (QED) is 0.505. The van der Waals surface area contributed by atoms with Crippen molar-refractivity contribution in [2.24, 2.45) is 0 Å². The van der Waals surface area contributed by atoms with Crippen molar-refractivity contribution in [3.63, 3.8) is 0 Å². The summed E-state index contributed by atoms with van der Waals surface area (Å²) < 4.78 is 21.5. The smallest absolute Gasteiger partial charge is 0.335 e. The molecule has 5 rings (SSSR count). The Morgan fingerprint density at radius 2 is 2.10 bits per heavy atom. The summed E-state index contributed by atoms with van der Waals surface area (Å²) in [5.41, 5.74) is 3.93. The van der Waals surface area contributed by atoms with Crippen molar-refractivity contribution in [3.8, 4) is 5.69 Å². The molecular weight excluding hydrogens is 399 g/mol. The average molecular weight is 422 g/mol. The second-order valence-corrected chi connectivity index (χ2v) is 8.68. The molecule has 2 N–H and O–H groups in total. The van der Waals surface area contributed by atoms with Gasteiger partial charge in [0, 0.05) is 28.2 Å². The molecule has 1 aliphatic rings. The van der Waals surface area contributed by atoms with Crippen LogP contribution in [0.25, 0.3) is 27.8 Å². The van der Waals surface area contributed by atoms with Crippen LogP contribution in [-0.2, 0) is 9.53 Å². The van der Waals surface area contributed by atoms with Crippen LogP contribution in [-0.4, -0.2) is 43.0 Å². The maximum Gasteiger partial charge on any atom is 0.335 e. The molecule has 1 aromatic carbocycles. The average Bonchev–Trinajstić information content (AvgIpc) is 3.42. The van der Waals surface area contributed by atoms with Crippen molar-refractivity contribution in [2.75, 3.05) is 6.61 Å². The molecule has 0 bridgehead atoms. The molecule has 1 aliphatic heterocycles. The van der Waals surface area contributed by atoms with Crippen molar-refractivity contribution in [2.45, 2.75) is 44.6 Å². The summed E-state index contributed by atoms with van der Waals surface area (Å²) in [5, 5.41) is 17.5. The Balaban J connectivity index is 1.82. The number of fused-ring (bicyclic) bond motifs is 2. The number of halogens is 1. The number of hydrogen-bond donors (Lipinski definition) is 2. The fourth-order valence-electron chi connectivity index (χ4n) is 4.66. The third-order valence-electron chi connectivity index (χ3n) is 6.15. The van der Waals surface area contributed by atoms with E-state index in [-0.39, 0.29) is 17.7 Å². The predicted octanol–water partition coefficient (Wildman–Crippen LogP) is 4.51. The van der Waals surface area contributed by atoms with Gasteiger partial charge < -0.3 is 14.4 Å². The number of carbonyl (C=O) groups is 1. The third-order valence-corrected chi connectivity index (χ3v) is 6.15. The summed E-state index contributed by atoms with van der Waals surface area (Å²) >= 11 is 0. The summed E-state index contributed by atoms with van der Waals surface area (Å²) in [6.45, 7) is 6.10.